The predicted octanol–water partition coefficient (Wildman–Crippen LogP) is 3.30. The number of nitrogens with zero attached hydrogens (tertiary/aromatic N) is 1. The lowest BCUT2D eigenvalue weighted by atomic mass is 9.88. The van der Waals surface area contributed by atoms with Gasteiger partial charge in [-0.2, -0.15) is 0 Å². The van der Waals surface area contributed by atoms with Crippen LogP contribution in [-0.4, -0.2) is 62.7 Å². The number of hydrogen-bond acceptors (Lipinski definition) is 5. The van der Waals surface area contributed by atoms with Gasteiger partial charge < -0.3 is 25.0 Å². The Kier molecular flexibility index (Phi) is 8.32. The molecule has 2 N–H and O–H groups in total. The van der Waals surface area contributed by atoms with Crippen LogP contribution < -0.4 is 15.4 Å². The smallest absolute Gasteiger partial charge is 0.257 e. The maximum atomic E-state index is 13.3. The highest BCUT2D eigenvalue weighted by molar-refractivity contribution is 5.99. The second kappa shape index (κ2) is 11.0. The van der Waals surface area contributed by atoms with Gasteiger partial charge in [0.2, 0.25) is 5.91 Å². The van der Waals surface area contributed by atoms with Gasteiger partial charge in [0, 0.05) is 44.9 Å². The monoisotopic (exact) mass is 431 g/mol. The molecule has 0 spiro atoms. The van der Waals surface area contributed by atoms with Gasteiger partial charge in [-0.05, 0) is 43.9 Å². The van der Waals surface area contributed by atoms with E-state index in [0.717, 1.165) is 32.2 Å². The van der Waals surface area contributed by atoms with Crippen molar-refractivity contribution in [3.8, 4) is 5.75 Å². The number of carbonyl (C=O) groups excluding carboxylic acids is 2. The number of carbonyl (C=O) groups is 2. The van der Waals surface area contributed by atoms with Gasteiger partial charge in [-0.15, -0.1) is 0 Å². The topological polar surface area (TPSA) is 79.9 Å². The summed E-state index contributed by atoms with van der Waals surface area (Å²) in [6.45, 7) is 5.88. The first-order chi connectivity index (χ1) is 14.9. The summed E-state index contributed by atoms with van der Waals surface area (Å²) < 4.78 is 11.7. The van der Waals surface area contributed by atoms with Crippen LogP contribution >= 0.6 is 0 Å². The highest BCUT2D eigenvalue weighted by atomic mass is 16.5. The van der Waals surface area contributed by atoms with E-state index in [1.165, 1.54) is 6.42 Å². The van der Waals surface area contributed by atoms with Crippen molar-refractivity contribution in [3.05, 3.63) is 23.8 Å². The maximum absolute atomic E-state index is 13.3. The Balaban J connectivity index is 1.83. The predicted molar refractivity (Wildman–Crippen MR) is 122 cm³/mol. The molecule has 1 aromatic rings. The van der Waals surface area contributed by atoms with Gasteiger partial charge in [0.15, 0.2) is 0 Å². The Labute approximate surface area is 185 Å². The Bertz CT molecular complexity index is 763. The molecule has 2 aliphatic rings. The van der Waals surface area contributed by atoms with Crippen LogP contribution in [0.1, 0.15) is 56.3 Å². The van der Waals surface area contributed by atoms with Gasteiger partial charge in [0.05, 0.1) is 11.7 Å². The van der Waals surface area contributed by atoms with Gasteiger partial charge in [-0.3, -0.25) is 9.59 Å². The molecule has 1 saturated carbocycles. The first-order valence-corrected chi connectivity index (χ1v) is 11.5. The second-order valence-electron chi connectivity index (χ2n) is 9.09. The molecule has 7 heteroatoms. The highest BCUT2D eigenvalue weighted by Crippen LogP contribution is 2.28. The SMILES string of the molecule is CO[C@H]1CN(C)C(=O)c2cc(NC(=O)C3CCCCC3)ccc2OC[C@H](C)NC[C@@H]1C. The van der Waals surface area contributed by atoms with Gasteiger partial charge in [-0.25, -0.2) is 0 Å². The quantitative estimate of drug-likeness (QED) is 0.768. The molecule has 3 rings (SSSR count). The number of rotatable bonds is 3. The van der Waals surface area contributed by atoms with E-state index in [4.69, 9.17) is 9.47 Å². The minimum absolute atomic E-state index is 0.0422. The minimum atomic E-state index is -0.140. The Hall–Kier alpha value is -2.12. The van der Waals surface area contributed by atoms with E-state index in [-0.39, 0.29) is 35.8 Å². The van der Waals surface area contributed by atoms with Crippen molar-refractivity contribution in [3.63, 3.8) is 0 Å². The molecule has 172 valence electrons. The van der Waals surface area contributed by atoms with E-state index in [9.17, 15) is 9.59 Å². The molecule has 1 aromatic carbocycles. The standard InChI is InChI=1S/C24H37N3O4/c1-16-13-25-17(2)15-31-21-11-10-19(26-23(28)18-8-6-5-7-9-18)12-20(21)24(29)27(3)14-22(16)30-4/h10-12,16-18,22,25H,5-9,13-15H2,1-4H3,(H,26,28)/t16-,17-,22-/m0/s1. The van der Waals surface area contributed by atoms with Crippen LogP contribution in [0.5, 0.6) is 5.75 Å². The molecule has 0 unspecified atom stereocenters. The molecule has 1 aliphatic heterocycles. The van der Waals surface area contributed by atoms with Crippen LogP contribution in [0.4, 0.5) is 5.69 Å². The second-order valence-corrected chi connectivity index (χ2v) is 9.09. The number of ether oxygens (including phenoxy) is 2. The highest BCUT2D eigenvalue weighted by Gasteiger charge is 2.26. The Morgan fingerprint density at radius 2 is 1.97 bits per heavy atom. The van der Waals surface area contributed by atoms with Crippen LogP contribution in [0.2, 0.25) is 0 Å². The number of anilines is 1. The molecular formula is C24H37N3O4. The van der Waals surface area contributed by atoms with Crippen molar-refractivity contribution in [1.29, 1.82) is 0 Å². The number of hydrogen-bond donors (Lipinski definition) is 2. The maximum Gasteiger partial charge on any atom is 0.257 e. The van der Waals surface area contributed by atoms with Gasteiger partial charge in [-0.1, -0.05) is 26.2 Å². The molecule has 0 saturated heterocycles. The zero-order chi connectivity index (χ0) is 22.4. The van der Waals surface area contributed by atoms with Crippen molar-refractivity contribution in [2.24, 2.45) is 11.8 Å². The zero-order valence-electron chi connectivity index (χ0n) is 19.3. The minimum Gasteiger partial charge on any atom is -0.491 e. The lowest BCUT2D eigenvalue weighted by Gasteiger charge is -2.30. The van der Waals surface area contributed by atoms with Gasteiger partial charge in [0.1, 0.15) is 12.4 Å². The van der Waals surface area contributed by atoms with Crippen molar-refractivity contribution in [2.75, 3.05) is 39.2 Å². The van der Waals surface area contributed by atoms with Gasteiger partial charge >= 0.3 is 0 Å². The van der Waals surface area contributed by atoms with Gasteiger partial charge in [0.25, 0.3) is 5.91 Å². The molecular weight excluding hydrogens is 394 g/mol. The molecule has 7 nitrogen and oxygen atoms in total. The third kappa shape index (κ3) is 6.20. The number of fused-ring (bicyclic) bond motifs is 1. The third-order valence-electron chi connectivity index (χ3n) is 6.47. The molecule has 0 aromatic heterocycles. The fraction of sp³-hybridized carbons (Fsp3) is 0.667. The molecule has 1 aliphatic carbocycles. The zero-order valence-corrected chi connectivity index (χ0v) is 19.3. The molecule has 1 heterocycles. The number of methoxy groups -OCH3 is 1. The molecule has 0 radical (unpaired) electrons. The average molecular weight is 432 g/mol. The van der Waals surface area contributed by atoms with Crippen LogP contribution in [0, 0.1) is 11.8 Å². The third-order valence-corrected chi connectivity index (χ3v) is 6.47. The summed E-state index contributed by atoms with van der Waals surface area (Å²) in [6.07, 6.45) is 5.20. The number of amides is 2. The van der Waals surface area contributed by atoms with E-state index in [2.05, 4.69) is 24.5 Å². The van der Waals surface area contributed by atoms with Crippen LogP contribution in [0.25, 0.3) is 0 Å². The molecule has 0 bridgehead atoms. The van der Waals surface area contributed by atoms with E-state index in [1.807, 2.05) is 6.07 Å². The summed E-state index contributed by atoms with van der Waals surface area (Å²) in [5.41, 5.74) is 1.09. The largest absolute Gasteiger partial charge is 0.491 e. The summed E-state index contributed by atoms with van der Waals surface area (Å²) in [4.78, 5) is 27.7. The van der Waals surface area contributed by atoms with Crippen LogP contribution in [-0.2, 0) is 9.53 Å². The number of nitrogens with one attached hydrogen (secondary N) is 2. The summed E-state index contributed by atoms with van der Waals surface area (Å²) in [7, 11) is 3.46. The van der Waals surface area contributed by atoms with Crippen molar-refractivity contribution >= 4 is 17.5 Å². The van der Waals surface area contributed by atoms with Crippen LogP contribution in [0.3, 0.4) is 0 Å². The Morgan fingerprint density at radius 3 is 2.68 bits per heavy atom. The Morgan fingerprint density at radius 1 is 1.23 bits per heavy atom. The van der Waals surface area contributed by atoms with Crippen molar-refractivity contribution < 1.29 is 19.1 Å². The van der Waals surface area contributed by atoms with E-state index >= 15 is 0 Å². The van der Waals surface area contributed by atoms with E-state index in [0.29, 0.717) is 30.2 Å². The lowest BCUT2D eigenvalue weighted by Crippen LogP contribution is -2.44. The lowest BCUT2D eigenvalue weighted by molar-refractivity contribution is -0.120. The molecule has 31 heavy (non-hydrogen) atoms. The number of likely N-dealkylation sites (N-methyl/N-ethyl adjacent to an activating group) is 1. The van der Waals surface area contributed by atoms with E-state index in [1.54, 1.807) is 31.2 Å². The molecule has 2 amide bonds. The average Bonchev–Trinajstić information content (AvgIpc) is 2.79. The normalized spacial score (nSPS) is 26.3. The fourth-order valence-corrected chi connectivity index (χ4v) is 4.35. The fourth-order valence-electron chi connectivity index (χ4n) is 4.35. The van der Waals surface area contributed by atoms with Crippen LogP contribution in [0.15, 0.2) is 18.2 Å². The summed E-state index contributed by atoms with van der Waals surface area (Å²) in [5.74, 6) is 0.728. The molecule has 1 fully saturated rings. The first kappa shape index (κ1) is 23.5. The van der Waals surface area contributed by atoms with Crippen molar-refractivity contribution in [2.45, 2.75) is 58.1 Å². The number of benzene rings is 1. The first-order valence-electron chi connectivity index (χ1n) is 11.5. The summed E-state index contributed by atoms with van der Waals surface area (Å²) in [5, 5.41) is 6.50. The van der Waals surface area contributed by atoms with E-state index < -0.39 is 0 Å². The summed E-state index contributed by atoms with van der Waals surface area (Å²) >= 11 is 0. The summed E-state index contributed by atoms with van der Waals surface area (Å²) in [6, 6.07) is 5.47. The van der Waals surface area contributed by atoms with Crippen molar-refractivity contribution in [1.82, 2.24) is 10.2 Å². The molecule has 3 atom stereocenters.